The van der Waals surface area contributed by atoms with E-state index in [1.54, 1.807) is 0 Å². The zero-order chi connectivity index (χ0) is 13.4. The Morgan fingerprint density at radius 1 is 1.11 bits per heavy atom. The van der Waals surface area contributed by atoms with E-state index in [1.807, 2.05) is 11.3 Å². The van der Waals surface area contributed by atoms with Crippen molar-refractivity contribution in [2.45, 2.75) is 26.4 Å². The van der Waals surface area contributed by atoms with Gasteiger partial charge in [-0.2, -0.15) is 0 Å². The van der Waals surface area contributed by atoms with E-state index in [4.69, 9.17) is 0 Å². The molecule has 3 nitrogen and oxygen atoms in total. The summed E-state index contributed by atoms with van der Waals surface area (Å²) in [6.45, 7) is 7.60. The van der Waals surface area contributed by atoms with E-state index < -0.39 is 0 Å². The van der Waals surface area contributed by atoms with E-state index in [1.165, 1.54) is 29.3 Å². The molecule has 0 radical (unpaired) electrons. The van der Waals surface area contributed by atoms with Crippen LogP contribution < -0.4 is 5.32 Å². The molecule has 4 heteroatoms. The number of nitrogens with zero attached hydrogens (tertiary/aromatic N) is 2. The predicted octanol–water partition coefficient (Wildman–Crippen LogP) is 2.24. The summed E-state index contributed by atoms with van der Waals surface area (Å²) in [5, 5.41) is 3.37. The Morgan fingerprint density at radius 3 is 2.50 bits per heavy atom. The monoisotopic (exact) mass is 269 g/mol. The van der Waals surface area contributed by atoms with Gasteiger partial charge in [-0.3, -0.25) is 0 Å². The molecule has 1 N–H and O–H groups in total. The molecule has 0 fully saturated rings. The largest absolute Gasteiger partial charge is 0.312 e. The molecule has 0 aliphatic carbocycles. The van der Waals surface area contributed by atoms with E-state index in [0.717, 1.165) is 19.6 Å². The molecule has 1 heterocycles. The molecule has 0 atom stereocenters. The molecule has 0 saturated carbocycles. The van der Waals surface area contributed by atoms with Gasteiger partial charge < -0.3 is 15.1 Å². The van der Waals surface area contributed by atoms with E-state index >= 15 is 0 Å². The van der Waals surface area contributed by atoms with Crippen LogP contribution in [0.3, 0.4) is 0 Å². The van der Waals surface area contributed by atoms with Crippen molar-refractivity contribution in [2.75, 3.05) is 40.8 Å². The third-order valence-corrected chi connectivity index (χ3v) is 3.91. The number of thiophene rings is 1. The third kappa shape index (κ3) is 6.50. The van der Waals surface area contributed by atoms with Crippen LogP contribution in [0.4, 0.5) is 0 Å². The van der Waals surface area contributed by atoms with Gasteiger partial charge in [0.05, 0.1) is 0 Å². The van der Waals surface area contributed by atoms with Crippen molar-refractivity contribution in [3.63, 3.8) is 0 Å². The highest BCUT2D eigenvalue weighted by molar-refractivity contribution is 7.11. The molecular formula is C14H27N3S. The van der Waals surface area contributed by atoms with E-state index in [0.29, 0.717) is 0 Å². The molecule has 104 valence electrons. The number of rotatable bonds is 9. The maximum atomic E-state index is 3.37. The van der Waals surface area contributed by atoms with Gasteiger partial charge in [0.25, 0.3) is 0 Å². The minimum absolute atomic E-state index is 1.01. The summed E-state index contributed by atoms with van der Waals surface area (Å²) in [7, 11) is 6.47. The van der Waals surface area contributed by atoms with Crippen LogP contribution in [0.5, 0.6) is 0 Å². The van der Waals surface area contributed by atoms with Gasteiger partial charge in [0.15, 0.2) is 0 Å². The Morgan fingerprint density at radius 2 is 1.83 bits per heavy atom. The third-order valence-electron chi connectivity index (χ3n) is 2.84. The van der Waals surface area contributed by atoms with Gasteiger partial charge in [0, 0.05) is 22.8 Å². The fourth-order valence-electron chi connectivity index (χ4n) is 1.85. The predicted molar refractivity (Wildman–Crippen MR) is 81.2 cm³/mol. The second-order valence-electron chi connectivity index (χ2n) is 5.04. The molecular weight excluding hydrogens is 242 g/mol. The summed E-state index contributed by atoms with van der Waals surface area (Å²) in [5.41, 5.74) is 0. The van der Waals surface area contributed by atoms with Crippen LogP contribution in [0.25, 0.3) is 0 Å². The summed E-state index contributed by atoms with van der Waals surface area (Å²) < 4.78 is 0. The lowest BCUT2D eigenvalue weighted by Crippen LogP contribution is -2.23. The SMILES string of the molecule is CCNCc1ccc(CN(C)CCCN(C)C)s1. The Kier molecular flexibility index (Phi) is 7.51. The summed E-state index contributed by atoms with van der Waals surface area (Å²) in [5.74, 6) is 0. The fourth-order valence-corrected chi connectivity index (χ4v) is 2.92. The summed E-state index contributed by atoms with van der Waals surface area (Å²) in [6.07, 6.45) is 1.24. The van der Waals surface area contributed by atoms with Crippen LogP contribution in [-0.2, 0) is 13.1 Å². The smallest absolute Gasteiger partial charge is 0.0324 e. The maximum Gasteiger partial charge on any atom is 0.0324 e. The lowest BCUT2D eigenvalue weighted by molar-refractivity contribution is 0.296. The highest BCUT2D eigenvalue weighted by Gasteiger charge is 2.04. The molecule has 0 aliphatic rings. The van der Waals surface area contributed by atoms with Crippen LogP contribution in [0.1, 0.15) is 23.1 Å². The van der Waals surface area contributed by atoms with E-state index in [9.17, 15) is 0 Å². The zero-order valence-electron chi connectivity index (χ0n) is 12.2. The number of hydrogen-bond acceptors (Lipinski definition) is 4. The lowest BCUT2D eigenvalue weighted by atomic mass is 10.3. The van der Waals surface area contributed by atoms with Crippen LogP contribution in [0.15, 0.2) is 12.1 Å². The van der Waals surface area contributed by atoms with Crippen LogP contribution >= 0.6 is 11.3 Å². The van der Waals surface area contributed by atoms with Crippen LogP contribution in [0.2, 0.25) is 0 Å². The molecule has 0 spiro atoms. The van der Waals surface area contributed by atoms with Crippen LogP contribution in [-0.4, -0.2) is 50.6 Å². The van der Waals surface area contributed by atoms with Crippen molar-refractivity contribution in [1.29, 1.82) is 0 Å². The van der Waals surface area contributed by atoms with Gasteiger partial charge in [-0.15, -0.1) is 11.3 Å². The summed E-state index contributed by atoms with van der Waals surface area (Å²) in [6, 6.07) is 4.51. The number of hydrogen-bond donors (Lipinski definition) is 1. The molecule has 1 aromatic rings. The van der Waals surface area contributed by atoms with Crippen molar-refractivity contribution in [3.8, 4) is 0 Å². The quantitative estimate of drug-likeness (QED) is 0.742. The molecule has 1 rings (SSSR count). The van der Waals surface area contributed by atoms with Gasteiger partial charge in [-0.05, 0) is 59.3 Å². The molecule has 0 saturated heterocycles. The Labute approximate surface area is 116 Å². The average molecular weight is 269 g/mol. The standard InChI is InChI=1S/C14H27N3S/c1-5-15-11-13-7-8-14(18-13)12-17(4)10-6-9-16(2)3/h7-8,15H,5-6,9-12H2,1-4H3. The lowest BCUT2D eigenvalue weighted by Gasteiger charge is -2.17. The second-order valence-corrected chi connectivity index (χ2v) is 6.30. The van der Waals surface area contributed by atoms with Gasteiger partial charge in [-0.25, -0.2) is 0 Å². The van der Waals surface area contributed by atoms with Gasteiger partial charge in [-0.1, -0.05) is 6.92 Å². The topological polar surface area (TPSA) is 18.5 Å². The van der Waals surface area contributed by atoms with Gasteiger partial charge in [0.2, 0.25) is 0 Å². The number of nitrogens with one attached hydrogen (secondary N) is 1. The molecule has 0 amide bonds. The van der Waals surface area contributed by atoms with Crippen molar-refractivity contribution in [3.05, 3.63) is 21.9 Å². The first-order chi connectivity index (χ1) is 8.61. The van der Waals surface area contributed by atoms with E-state index in [2.05, 4.69) is 55.3 Å². The first kappa shape index (κ1) is 15.6. The highest BCUT2D eigenvalue weighted by Crippen LogP contribution is 2.17. The average Bonchev–Trinajstić information content (AvgIpc) is 2.73. The van der Waals surface area contributed by atoms with Gasteiger partial charge in [0.1, 0.15) is 0 Å². The fraction of sp³-hybridized carbons (Fsp3) is 0.714. The van der Waals surface area contributed by atoms with E-state index in [-0.39, 0.29) is 0 Å². The normalized spacial score (nSPS) is 11.7. The molecule has 0 bridgehead atoms. The summed E-state index contributed by atoms with van der Waals surface area (Å²) in [4.78, 5) is 7.56. The minimum Gasteiger partial charge on any atom is -0.312 e. The molecule has 18 heavy (non-hydrogen) atoms. The van der Waals surface area contributed by atoms with Crippen molar-refractivity contribution < 1.29 is 0 Å². The second kappa shape index (κ2) is 8.64. The zero-order valence-corrected chi connectivity index (χ0v) is 13.0. The molecule has 1 aromatic heterocycles. The molecule has 0 unspecified atom stereocenters. The van der Waals surface area contributed by atoms with Gasteiger partial charge >= 0.3 is 0 Å². The van der Waals surface area contributed by atoms with Crippen molar-refractivity contribution in [1.82, 2.24) is 15.1 Å². The maximum absolute atomic E-state index is 3.37. The molecule has 0 aliphatic heterocycles. The minimum atomic E-state index is 1.01. The first-order valence-electron chi connectivity index (χ1n) is 6.73. The van der Waals surface area contributed by atoms with Crippen molar-refractivity contribution >= 4 is 11.3 Å². The Balaban J connectivity index is 2.26. The van der Waals surface area contributed by atoms with Crippen molar-refractivity contribution in [2.24, 2.45) is 0 Å². The summed E-state index contributed by atoms with van der Waals surface area (Å²) >= 11 is 1.93. The Bertz CT molecular complexity index is 323. The first-order valence-corrected chi connectivity index (χ1v) is 7.55. The highest BCUT2D eigenvalue weighted by atomic mass is 32.1. The molecule has 0 aromatic carbocycles. The van der Waals surface area contributed by atoms with Crippen LogP contribution in [0, 0.1) is 0 Å². The Hall–Kier alpha value is -0.420.